The fraction of sp³-hybridized carbons (Fsp3) is 0.562. The minimum absolute atomic E-state index is 0.0510. The van der Waals surface area contributed by atoms with Gasteiger partial charge in [-0.2, -0.15) is 0 Å². The van der Waals surface area contributed by atoms with Gasteiger partial charge in [-0.05, 0) is 38.5 Å². The topological polar surface area (TPSA) is 29.5 Å². The van der Waals surface area contributed by atoms with Crippen LogP contribution in [-0.4, -0.2) is 29.3 Å². The molecule has 1 heterocycles. The smallest absolute Gasteiger partial charge is 0.410 e. The van der Waals surface area contributed by atoms with Crippen LogP contribution in [0, 0.1) is 0 Å². The van der Waals surface area contributed by atoms with E-state index in [-0.39, 0.29) is 24.7 Å². The minimum atomic E-state index is -1.32. The van der Waals surface area contributed by atoms with Gasteiger partial charge in [-0.1, -0.05) is 28.1 Å². The zero-order valence-corrected chi connectivity index (χ0v) is 14.2. The van der Waals surface area contributed by atoms with Crippen LogP contribution in [0.4, 0.5) is 9.18 Å². The van der Waals surface area contributed by atoms with E-state index in [0.29, 0.717) is 13.0 Å². The van der Waals surface area contributed by atoms with Crippen molar-refractivity contribution in [1.29, 1.82) is 0 Å². The Hall–Kier alpha value is -1.10. The molecule has 5 heteroatoms. The summed E-state index contributed by atoms with van der Waals surface area (Å²) in [5.74, 6) is 0. The molecule has 1 fully saturated rings. The van der Waals surface area contributed by atoms with E-state index in [1.165, 1.54) is 13.8 Å². The van der Waals surface area contributed by atoms with Crippen LogP contribution in [0.1, 0.15) is 45.2 Å². The molecule has 3 nitrogen and oxygen atoms in total. The fourth-order valence-electron chi connectivity index (χ4n) is 2.60. The summed E-state index contributed by atoms with van der Waals surface area (Å²) < 4.78 is 20.0. The largest absolute Gasteiger partial charge is 0.446 e. The van der Waals surface area contributed by atoms with Gasteiger partial charge in [-0.15, -0.1) is 0 Å². The lowest BCUT2D eigenvalue weighted by Gasteiger charge is -2.37. The van der Waals surface area contributed by atoms with E-state index in [4.69, 9.17) is 4.74 Å². The monoisotopic (exact) mass is 357 g/mol. The maximum atomic E-state index is 13.6. The summed E-state index contributed by atoms with van der Waals surface area (Å²) >= 11 is 3.40. The van der Waals surface area contributed by atoms with Crippen molar-refractivity contribution in [3.8, 4) is 0 Å². The summed E-state index contributed by atoms with van der Waals surface area (Å²) in [5.41, 5.74) is -0.260. The molecule has 0 radical (unpaired) electrons. The first kappa shape index (κ1) is 16.3. The van der Waals surface area contributed by atoms with Crippen molar-refractivity contribution >= 4 is 22.0 Å². The lowest BCUT2D eigenvalue weighted by atomic mass is 9.99. The van der Waals surface area contributed by atoms with Crippen molar-refractivity contribution < 1.29 is 13.9 Å². The molecule has 0 aliphatic carbocycles. The zero-order chi connectivity index (χ0) is 15.6. The van der Waals surface area contributed by atoms with Crippen LogP contribution in [0.25, 0.3) is 0 Å². The van der Waals surface area contributed by atoms with E-state index in [1.54, 1.807) is 4.90 Å². The summed E-state index contributed by atoms with van der Waals surface area (Å²) in [6, 6.07) is 7.83. The first-order valence-electron chi connectivity index (χ1n) is 7.18. The maximum absolute atomic E-state index is 13.6. The summed E-state index contributed by atoms with van der Waals surface area (Å²) in [7, 11) is 0. The van der Waals surface area contributed by atoms with Gasteiger partial charge in [0.2, 0.25) is 0 Å². The molecule has 1 saturated heterocycles. The summed E-state index contributed by atoms with van der Waals surface area (Å²) in [5, 5.41) is 0. The fourth-order valence-corrected chi connectivity index (χ4v) is 2.87. The number of amides is 1. The minimum Gasteiger partial charge on any atom is -0.446 e. The molecular formula is C16H21BrFNO2. The van der Waals surface area contributed by atoms with E-state index >= 15 is 0 Å². The van der Waals surface area contributed by atoms with Crippen LogP contribution in [0.3, 0.4) is 0 Å². The molecule has 0 aromatic heterocycles. The van der Waals surface area contributed by atoms with Gasteiger partial charge in [-0.3, -0.25) is 0 Å². The Morgan fingerprint density at radius 2 is 2.05 bits per heavy atom. The Labute approximate surface area is 133 Å². The quantitative estimate of drug-likeness (QED) is 0.769. The van der Waals surface area contributed by atoms with Crippen LogP contribution in [0.5, 0.6) is 0 Å². The number of ether oxygens (including phenoxy) is 1. The normalized spacial score (nSPS) is 21.1. The third kappa shape index (κ3) is 4.43. The number of carbonyl (C=O) groups is 1. The van der Waals surface area contributed by atoms with Gasteiger partial charge in [0, 0.05) is 23.9 Å². The summed E-state index contributed by atoms with van der Waals surface area (Å²) in [6.45, 7) is 5.59. The summed E-state index contributed by atoms with van der Waals surface area (Å²) in [6.07, 6.45) is 0.232. The average molecular weight is 358 g/mol. The average Bonchev–Trinajstić information content (AvgIpc) is 2.37. The standard InChI is InChI=1S/C16H21BrFNO2/c1-11(12-4-6-13(17)7-5-12)19-9-8-14(21-15(19)20)10-16(2,3)18/h4-7,11,14H,8-10H2,1-3H3. The lowest BCUT2D eigenvalue weighted by molar-refractivity contribution is -0.00959. The van der Waals surface area contributed by atoms with Crippen LogP contribution in [0.15, 0.2) is 28.7 Å². The third-order valence-electron chi connectivity index (χ3n) is 3.73. The first-order valence-corrected chi connectivity index (χ1v) is 7.97. The molecule has 2 rings (SSSR count). The highest BCUT2D eigenvalue weighted by molar-refractivity contribution is 9.10. The van der Waals surface area contributed by atoms with Crippen molar-refractivity contribution in [2.75, 3.05) is 6.54 Å². The number of cyclic esters (lactones) is 1. The zero-order valence-electron chi connectivity index (χ0n) is 12.6. The molecule has 1 aromatic rings. The number of halogens is 2. The molecule has 1 aliphatic rings. The second-order valence-electron chi connectivity index (χ2n) is 6.14. The molecule has 21 heavy (non-hydrogen) atoms. The molecule has 1 aromatic carbocycles. The number of hydrogen-bond donors (Lipinski definition) is 0. The van der Waals surface area contributed by atoms with Gasteiger partial charge in [0.15, 0.2) is 0 Å². The van der Waals surface area contributed by atoms with E-state index < -0.39 is 5.67 Å². The predicted molar refractivity (Wildman–Crippen MR) is 84.0 cm³/mol. The van der Waals surface area contributed by atoms with E-state index in [1.807, 2.05) is 31.2 Å². The predicted octanol–water partition coefficient (Wildman–Crippen LogP) is 4.86. The van der Waals surface area contributed by atoms with Crippen LogP contribution in [-0.2, 0) is 4.74 Å². The Morgan fingerprint density at radius 1 is 1.43 bits per heavy atom. The van der Waals surface area contributed by atoms with Gasteiger partial charge in [0.1, 0.15) is 11.8 Å². The summed E-state index contributed by atoms with van der Waals surface area (Å²) in [4.78, 5) is 13.8. The Morgan fingerprint density at radius 3 is 2.57 bits per heavy atom. The van der Waals surface area contributed by atoms with Gasteiger partial charge in [0.05, 0.1) is 6.04 Å². The molecule has 1 amide bonds. The lowest BCUT2D eigenvalue weighted by Crippen LogP contribution is -2.44. The Bertz CT molecular complexity index is 498. The van der Waals surface area contributed by atoms with E-state index in [9.17, 15) is 9.18 Å². The van der Waals surface area contributed by atoms with Gasteiger partial charge < -0.3 is 9.64 Å². The molecule has 0 bridgehead atoms. The number of rotatable bonds is 4. The van der Waals surface area contributed by atoms with Crippen molar-refractivity contribution in [2.24, 2.45) is 0 Å². The molecule has 0 saturated carbocycles. The van der Waals surface area contributed by atoms with Crippen molar-refractivity contribution in [3.63, 3.8) is 0 Å². The highest BCUT2D eigenvalue weighted by atomic mass is 79.9. The first-order chi connectivity index (χ1) is 9.76. The second-order valence-corrected chi connectivity index (χ2v) is 7.05. The molecular weight excluding hydrogens is 337 g/mol. The molecule has 0 spiro atoms. The molecule has 1 aliphatic heterocycles. The van der Waals surface area contributed by atoms with E-state index in [0.717, 1.165) is 10.0 Å². The number of carbonyl (C=O) groups excluding carboxylic acids is 1. The number of nitrogens with zero attached hydrogens (tertiary/aromatic N) is 1. The van der Waals surface area contributed by atoms with Gasteiger partial charge >= 0.3 is 6.09 Å². The molecule has 2 atom stereocenters. The SMILES string of the molecule is CC(c1ccc(Br)cc1)N1CCC(CC(C)(C)F)OC1=O. The molecule has 0 N–H and O–H groups in total. The Kier molecular flexibility index (Phi) is 4.91. The Balaban J connectivity index is 2.00. The van der Waals surface area contributed by atoms with Crippen LogP contribution < -0.4 is 0 Å². The number of alkyl halides is 1. The molecule has 116 valence electrons. The van der Waals surface area contributed by atoms with Gasteiger partial charge in [0.25, 0.3) is 0 Å². The number of benzene rings is 1. The highest BCUT2D eigenvalue weighted by Crippen LogP contribution is 2.29. The van der Waals surface area contributed by atoms with Crippen LogP contribution in [0.2, 0.25) is 0 Å². The van der Waals surface area contributed by atoms with Crippen LogP contribution >= 0.6 is 15.9 Å². The number of hydrogen-bond acceptors (Lipinski definition) is 2. The van der Waals surface area contributed by atoms with Crippen molar-refractivity contribution in [2.45, 2.75) is 51.4 Å². The van der Waals surface area contributed by atoms with E-state index in [2.05, 4.69) is 15.9 Å². The second kappa shape index (κ2) is 6.34. The third-order valence-corrected chi connectivity index (χ3v) is 4.26. The molecule has 2 unspecified atom stereocenters. The van der Waals surface area contributed by atoms with Gasteiger partial charge in [-0.25, -0.2) is 9.18 Å². The van der Waals surface area contributed by atoms with Crippen molar-refractivity contribution in [3.05, 3.63) is 34.3 Å². The maximum Gasteiger partial charge on any atom is 0.410 e. The highest BCUT2D eigenvalue weighted by Gasteiger charge is 2.34. The van der Waals surface area contributed by atoms with Crippen molar-refractivity contribution in [1.82, 2.24) is 4.90 Å².